The monoisotopic (exact) mass is 393 g/mol. The maximum atomic E-state index is 14.2. The number of rotatable bonds is 8. The molecule has 1 amide bonds. The number of anilines is 1. The number of amides is 1. The van der Waals surface area contributed by atoms with E-state index in [2.05, 4.69) is 5.32 Å². The Kier molecular flexibility index (Phi) is 6.92. The van der Waals surface area contributed by atoms with E-state index in [0.29, 0.717) is 6.54 Å². The Bertz CT molecular complexity index is 873. The van der Waals surface area contributed by atoms with Crippen molar-refractivity contribution in [2.45, 2.75) is 12.8 Å². The van der Waals surface area contributed by atoms with Gasteiger partial charge >= 0.3 is 10.2 Å². The van der Waals surface area contributed by atoms with Crippen molar-refractivity contribution in [2.75, 3.05) is 31.5 Å². The summed E-state index contributed by atoms with van der Waals surface area (Å²) >= 11 is 0. The molecule has 0 saturated carbocycles. The van der Waals surface area contributed by atoms with E-state index in [9.17, 15) is 17.6 Å². The summed E-state index contributed by atoms with van der Waals surface area (Å²) in [5, 5.41) is 2.73. The van der Waals surface area contributed by atoms with Gasteiger partial charge < -0.3 is 5.32 Å². The first-order valence-corrected chi connectivity index (χ1v) is 9.89. The van der Waals surface area contributed by atoms with Crippen molar-refractivity contribution < 1.29 is 17.6 Å². The maximum Gasteiger partial charge on any atom is 0.304 e. The van der Waals surface area contributed by atoms with Gasteiger partial charge in [0.1, 0.15) is 12.4 Å². The van der Waals surface area contributed by atoms with Crippen LogP contribution in [0.2, 0.25) is 0 Å². The van der Waals surface area contributed by atoms with Crippen LogP contribution in [0.1, 0.15) is 18.4 Å². The van der Waals surface area contributed by atoms with Gasteiger partial charge in [-0.3, -0.25) is 4.79 Å². The number of benzene rings is 2. The number of para-hydroxylation sites is 1. The zero-order valence-electron chi connectivity index (χ0n) is 15.6. The normalized spacial score (nSPS) is 12.6. The molecule has 0 spiro atoms. The third-order valence-electron chi connectivity index (χ3n) is 4.12. The van der Waals surface area contributed by atoms with Gasteiger partial charge in [-0.05, 0) is 23.6 Å². The average Bonchev–Trinajstić information content (AvgIpc) is 2.65. The van der Waals surface area contributed by atoms with Gasteiger partial charge in [-0.15, -0.1) is 0 Å². The molecule has 0 fully saturated rings. The molecular formula is C19H24FN3O3S. The van der Waals surface area contributed by atoms with E-state index in [4.69, 9.17) is 0 Å². The highest BCUT2D eigenvalue weighted by Gasteiger charge is 2.29. The van der Waals surface area contributed by atoms with Crippen LogP contribution >= 0.6 is 0 Å². The molecule has 0 saturated heterocycles. The van der Waals surface area contributed by atoms with Crippen molar-refractivity contribution in [3.05, 3.63) is 66.0 Å². The fourth-order valence-electron chi connectivity index (χ4n) is 2.49. The molecule has 2 rings (SSSR count). The van der Waals surface area contributed by atoms with Gasteiger partial charge in [0.15, 0.2) is 0 Å². The lowest BCUT2D eigenvalue weighted by Crippen LogP contribution is -2.46. The van der Waals surface area contributed by atoms with Crippen LogP contribution in [-0.4, -0.2) is 45.8 Å². The second kappa shape index (κ2) is 8.96. The molecule has 0 heterocycles. The molecule has 8 heteroatoms. The number of carbonyl (C=O) groups excluding carboxylic acids is 1. The molecule has 6 nitrogen and oxygen atoms in total. The fraction of sp³-hybridized carbons (Fsp3) is 0.316. The predicted molar refractivity (Wildman–Crippen MR) is 104 cm³/mol. The number of hydrogen-bond donors (Lipinski definition) is 1. The Morgan fingerprint density at radius 1 is 1.07 bits per heavy atom. The standard InChI is InChI=1S/C19H24FN3O3S/c1-15(16-9-5-4-6-10-16)13-21-19(24)14-23(27(25,26)22(2)3)18-12-8-7-11-17(18)20/h4-12,15H,13-14H2,1-3H3,(H,21,24). The number of carbonyl (C=O) groups is 1. The lowest BCUT2D eigenvalue weighted by atomic mass is 10.0. The van der Waals surface area contributed by atoms with Gasteiger partial charge in [0.05, 0.1) is 5.69 Å². The van der Waals surface area contributed by atoms with E-state index in [-0.39, 0.29) is 11.6 Å². The lowest BCUT2D eigenvalue weighted by molar-refractivity contribution is -0.119. The minimum Gasteiger partial charge on any atom is -0.354 e. The van der Waals surface area contributed by atoms with E-state index < -0.39 is 28.5 Å². The van der Waals surface area contributed by atoms with Gasteiger partial charge in [-0.2, -0.15) is 12.7 Å². The van der Waals surface area contributed by atoms with Crippen LogP contribution in [0, 0.1) is 5.82 Å². The van der Waals surface area contributed by atoms with E-state index in [1.165, 1.54) is 32.3 Å². The molecule has 27 heavy (non-hydrogen) atoms. The largest absolute Gasteiger partial charge is 0.354 e. The van der Waals surface area contributed by atoms with Gasteiger partial charge in [-0.1, -0.05) is 49.4 Å². The smallest absolute Gasteiger partial charge is 0.304 e. The topological polar surface area (TPSA) is 69.7 Å². The second-order valence-corrected chi connectivity index (χ2v) is 8.43. The van der Waals surface area contributed by atoms with Crippen LogP contribution in [0.25, 0.3) is 0 Å². The van der Waals surface area contributed by atoms with Crippen LogP contribution in [0.3, 0.4) is 0 Å². The molecule has 1 atom stereocenters. The molecule has 1 unspecified atom stereocenters. The Labute approximate surface area is 159 Å². The molecule has 0 aliphatic rings. The molecular weight excluding hydrogens is 369 g/mol. The minimum atomic E-state index is -4.03. The minimum absolute atomic E-state index is 0.0579. The summed E-state index contributed by atoms with van der Waals surface area (Å²) in [6.07, 6.45) is 0. The Morgan fingerprint density at radius 3 is 2.26 bits per heavy atom. The second-order valence-electron chi connectivity index (χ2n) is 6.36. The van der Waals surface area contributed by atoms with Crippen molar-refractivity contribution >= 4 is 21.8 Å². The van der Waals surface area contributed by atoms with Gasteiger partial charge in [0, 0.05) is 20.6 Å². The third-order valence-corrected chi connectivity index (χ3v) is 5.93. The first-order chi connectivity index (χ1) is 12.7. The summed E-state index contributed by atoms with van der Waals surface area (Å²) < 4.78 is 41.0. The van der Waals surface area contributed by atoms with Crippen LogP contribution in [0.4, 0.5) is 10.1 Å². The molecule has 0 aliphatic carbocycles. The molecule has 0 radical (unpaired) electrons. The Morgan fingerprint density at radius 2 is 1.67 bits per heavy atom. The van der Waals surface area contributed by atoms with Crippen LogP contribution in [-0.2, 0) is 15.0 Å². The average molecular weight is 393 g/mol. The van der Waals surface area contributed by atoms with Gasteiger partial charge in [-0.25, -0.2) is 8.70 Å². The number of hydrogen-bond acceptors (Lipinski definition) is 3. The van der Waals surface area contributed by atoms with Crippen molar-refractivity contribution in [1.82, 2.24) is 9.62 Å². The summed E-state index contributed by atoms with van der Waals surface area (Å²) in [4.78, 5) is 12.4. The molecule has 2 aromatic carbocycles. The van der Waals surface area contributed by atoms with Crippen molar-refractivity contribution in [1.29, 1.82) is 0 Å². The van der Waals surface area contributed by atoms with Crippen LogP contribution in [0.15, 0.2) is 54.6 Å². The number of nitrogens with one attached hydrogen (secondary N) is 1. The van der Waals surface area contributed by atoms with Gasteiger partial charge in [0.25, 0.3) is 0 Å². The zero-order chi connectivity index (χ0) is 20.0. The summed E-state index contributed by atoms with van der Waals surface area (Å²) in [5.74, 6) is -1.16. The third kappa shape index (κ3) is 5.27. The van der Waals surface area contributed by atoms with E-state index in [1.807, 2.05) is 37.3 Å². The molecule has 2 aromatic rings. The quantitative estimate of drug-likeness (QED) is 0.749. The first kappa shape index (κ1) is 20.9. The van der Waals surface area contributed by atoms with E-state index in [1.54, 1.807) is 0 Å². The molecule has 146 valence electrons. The highest BCUT2D eigenvalue weighted by Crippen LogP contribution is 2.22. The SMILES string of the molecule is CC(CNC(=O)CN(c1ccccc1F)S(=O)(=O)N(C)C)c1ccccc1. The Hall–Kier alpha value is -2.45. The van der Waals surface area contributed by atoms with Crippen LogP contribution in [0.5, 0.6) is 0 Å². The van der Waals surface area contributed by atoms with Crippen molar-refractivity contribution in [2.24, 2.45) is 0 Å². The number of halogens is 1. The van der Waals surface area contributed by atoms with Gasteiger partial charge in [0.2, 0.25) is 5.91 Å². The number of nitrogens with zero attached hydrogens (tertiary/aromatic N) is 2. The van der Waals surface area contributed by atoms with Crippen molar-refractivity contribution in [3.63, 3.8) is 0 Å². The van der Waals surface area contributed by atoms with Crippen LogP contribution < -0.4 is 9.62 Å². The van der Waals surface area contributed by atoms with E-state index in [0.717, 1.165) is 20.2 Å². The molecule has 0 aromatic heterocycles. The molecule has 0 bridgehead atoms. The zero-order valence-corrected chi connectivity index (χ0v) is 16.4. The maximum absolute atomic E-state index is 14.2. The Balaban J connectivity index is 2.13. The predicted octanol–water partition coefficient (Wildman–Crippen LogP) is 2.36. The molecule has 0 aliphatic heterocycles. The molecule has 1 N–H and O–H groups in total. The first-order valence-electron chi connectivity index (χ1n) is 8.50. The fourth-order valence-corrected chi connectivity index (χ4v) is 3.57. The summed E-state index contributed by atoms with van der Waals surface area (Å²) in [6.45, 7) is 1.79. The highest BCUT2D eigenvalue weighted by molar-refractivity contribution is 7.90. The van der Waals surface area contributed by atoms with E-state index >= 15 is 0 Å². The van der Waals surface area contributed by atoms with Crippen molar-refractivity contribution in [3.8, 4) is 0 Å². The lowest BCUT2D eigenvalue weighted by Gasteiger charge is -2.27. The highest BCUT2D eigenvalue weighted by atomic mass is 32.2. The summed E-state index contributed by atoms with van der Waals surface area (Å²) in [6, 6.07) is 15.1. The summed E-state index contributed by atoms with van der Waals surface area (Å²) in [5.41, 5.74) is 0.891. The summed E-state index contributed by atoms with van der Waals surface area (Å²) in [7, 11) is -1.37.